The van der Waals surface area contributed by atoms with Gasteiger partial charge in [0.25, 0.3) is 5.56 Å². The van der Waals surface area contributed by atoms with Crippen molar-refractivity contribution in [1.29, 1.82) is 0 Å². The molecule has 0 amide bonds. The predicted molar refractivity (Wildman–Crippen MR) is 86.1 cm³/mol. The smallest absolute Gasteiger partial charge is 0.311 e. The van der Waals surface area contributed by atoms with Crippen molar-refractivity contribution in [3.8, 4) is 11.3 Å². The fourth-order valence-corrected chi connectivity index (χ4v) is 2.54. The van der Waals surface area contributed by atoms with Crippen molar-refractivity contribution in [3.05, 3.63) is 52.1 Å². The summed E-state index contributed by atoms with van der Waals surface area (Å²) < 4.78 is 0. The molecule has 1 unspecified atom stereocenters. The molecule has 0 fully saturated rings. The number of carboxylic acid groups (broad SMARTS) is 1. The Kier molecular flexibility index (Phi) is 5.65. The minimum absolute atomic E-state index is 0.122. The van der Waals surface area contributed by atoms with Crippen molar-refractivity contribution in [2.75, 3.05) is 0 Å². The van der Waals surface area contributed by atoms with E-state index in [9.17, 15) is 19.8 Å². The highest BCUT2D eigenvalue weighted by molar-refractivity contribution is 5.79. The van der Waals surface area contributed by atoms with Gasteiger partial charge in [0, 0.05) is 5.56 Å². The van der Waals surface area contributed by atoms with Gasteiger partial charge in [-0.05, 0) is 6.42 Å². The maximum Gasteiger partial charge on any atom is 0.311 e. The molecule has 0 aliphatic heterocycles. The van der Waals surface area contributed by atoms with Gasteiger partial charge in [0.15, 0.2) is 0 Å². The topological polar surface area (TPSA) is 103 Å². The molecule has 0 radical (unpaired) electrons. The van der Waals surface area contributed by atoms with Crippen molar-refractivity contribution < 1.29 is 15.0 Å². The second-order valence-electron chi connectivity index (χ2n) is 5.33. The summed E-state index contributed by atoms with van der Waals surface area (Å²) in [5, 5.41) is 18.8. The van der Waals surface area contributed by atoms with Gasteiger partial charge in [0.2, 0.25) is 0 Å². The van der Waals surface area contributed by atoms with Crippen LogP contribution >= 0.6 is 0 Å². The number of aliphatic hydroxyl groups is 1. The van der Waals surface area contributed by atoms with Crippen LogP contribution in [0.15, 0.2) is 35.1 Å². The first kappa shape index (κ1) is 16.9. The number of unbranched alkanes of at least 4 members (excludes halogenated alkanes) is 1. The normalized spacial score (nSPS) is 12.1. The van der Waals surface area contributed by atoms with Crippen LogP contribution in [0.4, 0.5) is 0 Å². The molecule has 0 saturated carbocycles. The average Bonchev–Trinajstić information content (AvgIpc) is 2.56. The van der Waals surface area contributed by atoms with Gasteiger partial charge in [-0.3, -0.25) is 9.59 Å². The van der Waals surface area contributed by atoms with E-state index in [2.05, 4.69) is 9.97 Å². The lowest BCUT2D eigenvalue weighted by molar-refractivity contribution is -0.139. The summed E-state index contributed by atoms with van der Waals surface area (Å²) in [7, 11) is 0. The van der Waals surface area contributed by atoms with E-state index in [4.69, 9.17) is 0 Å². The van der Waals surface area contributed by atoms with E-state index >= 15 is 0 Å². The highest BCUT2D eigenvalue weighted by Gasteiger charge is 2.27. The van der Waals surface area contributed by atoms with Gasteiger partial charge in [0.05, 0.1) is 17.2 Å². The number of aliphatic carboxylic acids is 1. The average molecular weight is 316 g/mol. The summed E-state index contributed by atoms with van der Waals surface area (Å²) in [6.07, 6.45) is 1.91. The number of rotatable bonds is 7. The van der Waals surface area contributed by atoms with E-state index in [1.165, 1.54) is 0 Å². The Hall–Kier alpha value is -2.47. The lowest BCUT2D eigenvalue weighted by atomic mass is 9.91. The third kappa shape index (κ3) is 3.84. The molecule has 6 nitrogen and oxygen atoms in total. The summed E-state index contributed by atoms with van der Waals surface area (Å²) in [6, 6.07) is 8.95. The van der Waals surface area contributed by atoms with E-state index in [0.29, 0.717) is 24.1 Å². The molecule has 0 bridgehead atoms. The molecule has 1 aromatic carbocycles. The van der Waals surface area contributed by atoms with Crippen LogP contribution in [0.25, 0.3) is 11.3 Å². The second-order valence-corrected chi connectivity index (χ2v) is 5.33. The Morgan fingerprint density at radius 2 is 2.00 bits per heavy atom. The first-order valence-corrected chi connectivity index (χ1v) is 7.60. The van der Waals surface area contributed by atoms with Gasteiger partial charge >= 0.3 is 5.97 Å². The lowest BCUT2D eigenvalue weighted by Gasteiger charge is -2.16. The van der Waals surface area contributed by atoms with Gasteiger partial charge < -0.3 is 15.2 Å². The minimum atomic E-state index is -1.04. The van der Waals surface area contributed by atoms with E-state index in [0.717, 1.165) is 6.42 Å². The SMILES string of the molecule is CCCCC(C(=O)O)c1c(-c2ccccc2)nc(CO)[nH]c1=O. The molecule has 122 valence electrons. The van der Waals surface area contributed by atoms with Crippen LogP contribution in [0.5, 0.6) is 0 Å². The highest BCUT2D eigenvalue weighted by atomic mass is 16.4. The number of hydrogen-bond donors (Lipinski definition) is 3. The quantitative estimate of drug-likeness (QED) is 0.727. The Bertz CT molecular complexity index is 725. The zero-order valence-corrected chi connectivity index (χ0v) is 13.0. The van der Waals surface area contributed by atoms with E-state index in [1.807, 2.05) is 13.0 Å². The van der Waals surface area contributed by atoms with Crippen LogP contribution in [0.2, 0.25) is 0 Å². The van der Waals surface area contributed by atoms with Gasteiger partial charge in [-0.2, -0.15) is 0 Å². The highest BCUT2D eigenvalue weighted by Crippen LogP contribution is 2.28. The molecular weight excluding hydrogens is 296 g/mol. The Morgan fingerprint density at radius 1 is 1.30 bits per heavy atom. The molecular formula is C17H20N2O4. The number of hydrogen-bond acceptors (Lipinski definition) is 4. The molecule has 1 heterocycles. The predicted octanol–water partition coefficient (Wildman–Crippen LogP) is 2.29. The number of H-pyrrole nitrogens is 1. The van der Waals surface area contributed by atoms with Crippen molar-refractivity contribution >= 4 is 5.97 Å². The van der Waals surface area contributed by atoms with Gasteiger partial charge in [-0.1, -0.05) is 50.1 Å². The number of aliphatic hydroxyl groups excluding tert-OH is 1. The van der Waals surface area contributed by atoms with E-state index < -0.39 is 24.1 Å². The minimum Gasteiger partial charge on any atom is -0.481 e. The number of benzene rings is 1. The number of aromatic amines is 1. The van der Waals surface area contributed by atoms with Gasteiger partial charge in [-0.25, -0.2) is 4.98 Å². The Morgan fingerprint density at radius 3 is 2.57 bits per heavy atom. The van der Waals surface area contributed by atoms with Crippen molar-refractivity contribution in [2.45, 2.75) is 38.7 Å². The molecule has 3 N–H and O–H groups in total. The molecule has 0 aliphatic rings. The summed E-state index contributed by atoms with van der Waals surface area (Å²) in [6.45, 7) is 1.55. The van der Waals surface area contributed by atoms with Crippen LogP contribution in [0.1, 0.15) is 43.5 Å². The zero-order chi connectivity index (χ0) is 16.8. The largest absolute Gasteiger partial charge is 0.481 e. The lowest BCUT2D eigenvalue weighted by Crippen LogP contribution is -2.25. The first-order chi connectivity index (χ1) is 11.1. The Balaban J connectivity index is 2.65. The molecule has 1 atom stereocenters. The molecule has 0 saturated heterocycles. The third-order valence-electron chi connectivity index (χ3n) is 3.69. The van der Waals surface area contributed by atoms with Crippen molar-refractivity contribution in [1.82, 2.24) is 9.97 Å². The van der Waals surface area contributed by atoms with Crippen LogP contribution in [0, 0.1) is 0 Å². The fourth-order valence-electron chi connectivity index (χ4n) is 2.54. The standard InChI is InChI=1S/C17H20N2O4/c1-2-3-9-12(17(22)23)14-15(11-7-5-4-6-8-11)18-13(10-20)19-16(14)21/h4-8,12,20H,2-3,9-10H2,1H3,(H,22,23)(H,18,19,21). The van der Waals surface area contributed by atoms with Crippen LogP contribution in [-0.2, 0) is 11.4 Å². The molecule has 23 heavy (non-hydrogen) atoms. The van der Waals surface area contributed by atoms with Crippen LogP contribution in [0.3, 0.4) is 0 Å². The fraction of sp³-hybridized carbons (Fsp3) is 0.353. The number of carbonyl (C=O) groups is 1. The maximum atomic E-state index is 12.4. The third-order valence-corrected chi connectivity index (χ3v) is 3.69. The summed E-state index contributed by atoms with van der Waals surface area (Å²) in [4.78, 5) is 30.8. The van der Waals surface area contributed by atoms with Crippen LogP contribution < -0.4 is 5.56 Å². The van der Waals surface area contributed by atoms with Gasteiger partial charge in [0.1, 0.15) is 12.4 Å². The summed E-state index contributed by atoms with van der Waals surface area (Å²) in [5.74, 6) is -1.84. The van der Waals surface area contributed by atoms with E-state index in [-0.39, 0.29) is 11.4 Å². The Labute approximate surface area is 133 Å². The first-order valence-electron chi connectivity index (χ1n) is 7.60. The second kappa shape index (κ2) is 7.69. The number of nitrogens with one attached hydrogen (secondary N) is 1. The molecule has 0 spiro atoms. The van der Waals surface area contributed by atoms with E-state index in [1.54, 1.807) is 24.3 Å². The number of carboxylic acids is 1. The maximum absolute atomic E-state index is 12.4. The molecule has 0 aliphatic carbocycles. The molecule has 2 rings (SSSR count). The summed E-state index contributed by atoms with van der Waals surface area (Å²) >= 11 is 0. The summed E-state index contributed by atoms with van der Waals surface area (Å²) in [5.41, 5.74) is 0.619. The molecule has 2 aromatic rings. The monoisotopic (exact) mass is 316 g/mol. The van der Waals surface area contributed by atoms with Crippen LogP contribution in [-0.4, -0.2) is 26.2 Å². The van der Waals surface area contributed by atoms with Crippen molar-refractivity contribution in [3.63, 3.8) is 0 Å². The molecule has 1 aromatic heterocycles. The number of nitrogens with zero attached hydrogens (tertiary/aromatic N) is 1. The van der Waals surface area contributed by atoms with Gasteiger partial charge in [-0.15, -0.1) is 0 Å². The zero-order valence-electron chi connectivity index (χ0n) is 13.0. The van der Waals surface area contributed by atoms with Crippen molar-refractivity contribution in [2.24, 2.45) is 0 Å². The number of aromatic nitrogens is 2. The molecule has 6 heteroatoms.